The van der Waals surface area contributed by atoms with E-state index in [9.17, 15) is 4.79 Å². The molecule has 0 spiro atoms. The van der Waals surface area contributed by atoms with Crippen molar-refractivity contribution in [2.45, 2.75) is 6.92 Å². The Kier molecular flexibility index (Phi) is 4.87. The first-order valence-electron chi connectivity index (χ1n) is 7.71. The molecule has 0 aliphatic rings. The predicted molar refractivity (Wildman–Crippen MR) is 96.4 cm³/mol. The van der Waals surface area contributed by atoms with Crippen LogP contribution in [0.4, 0.5) is 0 Å². The van der Waals surface area contributed by atoms with E-state index in [-0.39, 0.29) is 12.5 Å². The summed E-state index contributed by atoms with van der Waals surface area (Å²) in [5.41, 5.74) is 4.48. The van der Waals surface area contributed by atoms with Gasteiger partial charge in [0.2, 0.25) is 0 Å². The second-order valence-corrected chi connectivity index (χ2v) is 5.50. The highest BCUT2D eigenvalue weighted by Gasteiger charge is 2.01. The van der Waals surface area contributed by atoms with Gasteiger partial charge in [-0.3, -0.25) is 4.79 Å². The summed E-state index contributed by atoms with van der Waals surface area (Å²) in [6.07, 6.45) is 1.62. The van der Waals surface area contributed by atoms with Crippen LogP contribution in [0.1, 0.15) is 11.1 Å². The van der Waals surface area contributed by atoms with Gasteiger partial charge in [0, 0.05) is 0 Å². The number of fused-ring (bicyclic) bond motifs is 1. The van der Waals surface area contributed by atoms with Crippen LogP contribution in [0.15, 0.2) is 71.8 Å². The summed E-state index contributed by atoms with van der Waals surface area (Å²) in [7, 11) is 0. The van der Waals surface area contributed by atoms with Gasteiger partial charge >= 0.3 is 0 Å². The van der Waals surface area contributed by atoms with Gasteiger partial charge in [0.05, 0.1) is 6.21 Å². The molecule has 24 heavy (non-hydrogen) atoms. The quantitative estimate of drug-likeness (QED) is 0.576. The fraction of sp³-hybridized carbons (Fsp3) is 0.100. The van der Waals surface area contributed by atoms with Crippen LogP contribution in [0.2, 0.25) is 0 Å². The van der Waals surface area contributed by atoms with Gasteiger partial charge in [0.25, 0.3) is 5.91 Å². The molecule has 120 valence electrons. The highest BCUT2D eigenvalue weighted by Crippen LogP contribution is 2.14. The van der Waals surface area contributed by atoms with Gasteiger partial charge in [-0.1, -0.05) is 48.5 Å². The summed E-state index contributed by atoms with van der Waals surface area (Å²) in [6.45, 7) is 1.90. The number of rotatable bonds is 5. The number of carbonyl (C=O) groups is 1. The fourth-order valence-corrected chi connectivity index (χ4v) is 2.35. The van der Waals surface area contributed by atoms with Crippen molar-refractivity contribution >= 4 is 22.9 Å². The molecule has 0 aliphatic carbocycles. The van der Waals surface area contributed by atoms with Crippen LogP contribution in [0.5, 0.6) is 5.75 Å². The molecule has 0 bridgehead atoms. The lowest BCUT2D eigenvalue weighted by atomic mass is 10.1. The standard InChI is InChI=1S/C20H18N2O2/c1-15-5-4-8-19(11-15)24-14-20(23)22-21-13-16-9-10-17-6-2-3-7-18(17)12-16/h2-13H,14H2,1H3,(H,22,23)/b21-13-. The zero-order chi connectivity index (χ0) is 16.8. The smallest absolute Gasteiger partial charge is 0.277 e. The molecule has 4 heteroatoms. The maximum absolute atomic E-state index is 11.8. The average molecular weight is 318 g/mol. The Labute approximate surface area is 140 Å². The summed E-state index contributed by atoms with van der Waals surface area (Å²) >= 11 is 0. The number of aryl methyl sites for hydroxylation is 1. The van der Waals surface area contributed by atoms with Crippen molar-refractivity contribution in [3.05, 3.63) is 77.9 Å². The third-order valence-corrected chi connectivity index (χ3v) is 3.54. The van der Waals surface area contributed by atoms with E-state index in [2.05, 4.69) is 16.6 Å². The number of benzene rings is 3. The monoisotopic (exact) mass is 318 g/mol. The van der Waals surface area contributed by atoms with Gasteiger partial charge in [-0.2, -0.15) is 5.10 Å². The molecule has 3 rings (SSSR count). The SMILES string of the molecule is Cc1cccc(OCC(=O)N/N=C\c2ccc3ccccc3c2)c1. The summed E-state index contributed by atoms with van der Waals surface area (Å²) in [4.78, 5) is 11.8. The third kappa shape index (κ3) is 4.20. The highest BCUT2D eigenvalue weighted by atomic mass is 16.5. The Morgan fingerprint density at radius 3 is 2.71 bits per heavy atom. The Bertz CT molecular complexity index is 887. The number of nitrogens with one attached hydrogen (secondary N) is 1. The molecule has 0 unspecified atom stereocenters. The summed E-state index contributed by atoms with van der Waals surface area (Å²) in [5, 5.41) is 6.28. The minimum atomic E-state index is -0.298. The molecule has 3 aromatic rings. The predicted octanol–water partition coefficient (Wildman–Crippen LogP) is 3.68. The van der Waals surface area contributed by atoms with Gasteiger partial charge < -0.3 is 4.74 Å². The van der Waals surface area contributed by atoms with Crippen molar-refractivity contribution in [1.29, 1.82) is 0 Å². The molecular formula is C20H18N2O2. The lowest BCUT2D eigenvalue weighted by Gasteiger charge is -2.05. The molecule has 0 aromatic heterocycles. The Hall–Kier alpha value is -3.14. The molecular weight excluding hydrogens is 300 g/mol. The number of nitrogens with zero attached hydrogens (tertiary/aromatic N) is 1. The van der Waals surface area contributed by atoms with E-state index in [1.54, 1.807) is 6.21 Å². The minimum Gasteiger partial charge on any atom is -0.484 e. The molecule has 3 aromatic carbocycles. The molecule has 4 nitrogen and oxygen atoms in total. The largest absolute Gasteiger partial charge is 0.484 e. The number of ether oxygens (including phenoxy) is 1. The van der Waals surface area contributed by atoms with Crippen LogP contribution < -0.4 is 10.2 Å². The van der Waals surface area contributed by atoms with Crippen LogP contribution in [0.3, 0.4) is 0 Å². The van der Waals surface area contributed by atoms with Crippen LogP contribution in [0, 0.1) is 6.92 Å². The summed E-state index contributed by atoms with van der Waals surface area (Å²) < 4.78 is 5.42. The molecule has 0 aliphatic heterocycles. The van der Waals surface area contributed by atoms with Crippen LogP contribution in [-0.2, 0) is 4.79 Å². The summed E-state index contributed by atoms with van der Waals surface area (Å²) in [5.74, 6) is 0.372. The molecule has 0 fully saturated rings. The number of carbonyl (C=O) groups excluding carboxylic acids is 1. The van der Waals surface area contributed by atoms with E-state index < -0.39 is 0 Å². The zero-order valence-electron chi connectivity index (χ0n) is 13.4. The molecule has 0 saturated carbocycles. The van der Waals surface area contributed by atoms with Gasteiger partial charge in [-0.15, -0.1) is 0 Å². The maximum Gasteiger partial charge on any atom is 0.277 e. The Morgan fingerprint density at radius 1 is 1.04 bits per heavy atom. The first kappa shape index (κ1) is 15.7. The van der Waals surface area contributed by atoms with Crippen molar-refractivity contribution in [3.63, 3.8) is 0 Å². The first-order valence-corrected chi connectivity index (χ1v) is 7.71. The Morgan fingerprint density at radius 2 is 1.88 bits per heavy atom. The molecule has 0 radical (unpaired) electrons. The number of hydrogen-bond donors (Lipinski definition) is 1. The van der Waals surface area contributed by atoms with Gasteiger partial charge in [-0.05, 0) is 47.0 Å². The minimum absolute atomic E-state index is 0.0709. The number of amides is 1. The zero-order valence-corrected chi connectivity index (χ0v) is 13.4. The van der Waals surface area contributed by atoms with E-state index in [4.69, 9.17) is 4.74 Å². The highest BCUT2D eigenvalue weighted by molar-refractivity contribution is 5.90. The first-order chi connectivity index (χ1) is 11.7. The summed E-state index contributed by atoms with van der Waals surface area (Å²) in [6, 6.07) is 21.7. The van der Waals surface area contributed by atoms with E-state index >= 15 is 0 Å². The Balaban J connectivity index is 1.54. The maximum atomic E-state index is 11.8. The average Bonchev–Trinajstić information content (AvgIpc) is 2.60. The lowest BCUT2D eigenvalue weighted by Crippen LogP contribution is -2.24. The van der Waals surface area contributed by atoms with Gasteiger partial charge in [-0.25, -0.2) is 5.43 Å². The third-order valence-electron chi connectivity index (χ3n) is 3.54. The normalized spacial score (nSPS) is 10.9. The van der Waals surface area contributed by atoms with E-state index in [0.29, 0.717) is 5.75 Å². The molecule has 1 amide bonds. The van der Waals surface area contributed by atoms with Crippen LogP contribution in [-0.4, -0.2) is 18.7 Å². The molecule has 0 saturated heterocycles. The van der Waals surface area contributed by atoms with E-state index in [1.807, 2.05) is 67.6 Å². The van der Waals surface area contributed by atoms with Gasteiger partial charge in [0.1, 0.15) is 5.75 Å². The van der Waals surface area contributed by atoms with Crippen LogP contribution in [0.25, 0.3) is 10.8 Å². The fourth-order valence-electron chi connectivity index (χ4n) is 2.35. The second-order valence-electron chi connectivity index (χ2n) is 5.50. The van der Waals surface area contributed by atoms with Crippen LogP contribution >= 0.6 is 0 Å². The second kappa shape index (κ2) is 7.42. The molecule has 1 N–H and O–H groups in total. The molecule has 0 heterocycles. The van der Waals surface area contributed by atoms with E-state index in [1.165, 1.54) is 5.39 Å². The lowest BCUT2D eigenvalue weighted by molar-refractivity contribution is -0.123. The number of hydrogen-bond acceptors (Lipinski definition) is 3. The van der Waals surface area contributed by atoms with Crippen molar-refractivity contribution in [3.8, 4) is 5.75 Å². The van der Waals surface area contributed by atoms with Crippen molar-refractivity contribution in [1.82, 2.24) is 5.43 Å². The van der Waals surface area contributed by atoms with Crippen molar-refractivity contribution in [2.75, 3.05) is 6.61 Å². The van der Waals surface area contributed by atoms with Gasteiger partial charge in [0.15, 0.2) is 6.61 Å². The van der Waals surface area contributed by atoms with Crippen molar-refractivity contribution < 1.29 is 9.53 Å². The van der Waals surface area contributed by atoms with Crippen molar-refractivity contribution in [2.24, 2.45) is 5.10 Å². The number of hydrazone groups is 1. The topological polar surface area (TPSA) is 50.7 Å². The van der Waals surface area contributed by atoms with E-state index in [0.717, 1.165) is 16.5 Å². The molecule has 0 atom stereocenters.